The molecule has 2 heterocycles. The average molecular weight is 221 g/mol. The molecule has 5 nitrogen and oxygen atoms in total. The van der Waals surface area contributed by atoms with Crippen molar-refractivity contribution in [3.63, 3.8) is 0 Å². The highest BCUT2D eigenvalue weighted by Crippen LogP contribution is 2.14. The number of hydrogen-bond acceptors (Lipinski definition) is 3. The highest BCUT2D eigenvalue weighted by Gasteiger charge is 2.18. The Balaban J connectivity index is 2.08. The Morgan fingerprint density at radius 1 is 1.62 bits per heavy atom. The second kappa shape index (κ2) is 4.49. The Kier molecular flexibility index (Phi) is 3.05. The third-order valence-electron chi connectivity index (χ3n) is 2.79. The molecule has 1 aromatic heterocycles. The SMILES string of the molecule is CN(C(=O)O)c1cccc(CC2CNC2)n1. The summed E-state index contributed by atoms with van der Waals surface area (Å²) < 4.78 is 0. The van der Waals surface area contributed by atoms with Gasteiger partial charge in [0.2, 0.25) is 0 Å². The lowest BCUT2D eigenvalue weighted by Crippen LogP contribution is -2.43. The Labute approximate surface area is 94.1 Å². The van der Waals surface area contributed by atoms with Crippen LogP contribution in [0.2, 0.25) is 0 Å². The topological polar surface area (TPSA) is 65.5 Å². The van der Waals surface area contributed by atoms with Gasteiger partial charge in [-0.15, -0.1) is 0 Å². The smallest absolute Gasteiger partial charge is 0.412 e. The normalized spacial score (nSPS) is 15.6. The number of aromatic nitrogens is 1. The van der Waals surface area contributed by atoms with Crippen molar-refractivity contribution in [3.05, 3.63) is 23.9 Å². The van der Waals surface area contributed by atoms with Crippen molar-refractivity contribution in [2.24, 2.45) is 5.92 Å². The van der Waals surface area contributed by atoms with Crippen LogP contribution < -0.4 is 10.2 Å². The van der Waals surface area contributed by atoms with Gasteiger partial charge in [-0.05, 0) is 37.6 Å². The lowest BCUT2D eigenvalue weighted by Gasteiger charge is -2.26. The minimum absolute atomic E-state index is 0.484. The van der Waals surface area contributed by atoms with Crippen LogP contribution in [0.25, 0.3) is 0 Å². The highest BCUT2D eigenvalue weighted by atomic mass is 16.4. The molecule has 1 aromatic rings. The molecule has 2 N–H and O–H groups in total. The summed E-state index contributed by atoms with van der Waals surface area (Å²) in [6, 6.07) is 5.50. The quantitative estimate of drug-likeness (QED) is 0.797. The molecular formula is C11H15N3O2. The van der Waals surface area contributed by atoms with Gasteiger partial charge < -0.3 is 10.4 Å². The van der Waals surface area contributed by atoms with E-state index in [-0.39, 0.29) is 0 Å². The van der Waals surface area contributed by atoms with Gasteiger partial charge in [0.1, 0.15) is 5.82 Å². The first-order chi connectivity index (χ1) is 7.66. The van der Waals surface area contributed by atoms with Crippen molar-refractivity contribution >= 4 is 11.9 Å². The van der Waals surface area contributed by atoms with Crippen LogP contribution in [0.4, 0.5) is 10.6 Å². The maximum absolute atomic E-state index is 10.8. The molecule has 16 heavy (non-hydrogen) atoms. The summed E-state index contributed by atoms with van der Waals surface area (Å²) in [5.74, 6) is 1.12. The molecule has 2 rings (SSSR count). The fourth-order valence-electron chi connectivity index (χ4n) is 1.65. The van der Waals surface area contributed by atoms with E-state index < -0.39 is 6.09 Å². The lowest BCUT2D eigenvalue weighted by molar-refractivity contribution is 0.203. The van der Waals surface area contributed by atoms with Crippen LogP contribution in [0.5, 0.6) is 0 Å². The predicted molar refractivity (Wildman–Crippen MR) is 60.7 cm³/mol. The van der Waals surface area contributed by atoms with E-state index in [1.54, 1.807) is 6.07 Å². The number of nitrogens with one attached hydrogen (secondary N) is 1. The number of hydrogen-bond donors (Lipinski definition) is 2. The van der Waals surface area contributed by atoms with Gasteiger partial charge in [-0.3, -0.25) is 4.90 Å². The first-order valence-electron chi connectivity index (χ1n) is 5.30. The maximum atomic E-state index is 10.8. The van der Waals surface area contributed by atoms with Gasteiger partial charge in [0.25, 0.3) is 0 Å². The van der Waals surface area contributed by atoms with Gasteiger partial charge in [0.05, 0.1) is 0 Å². The van der Waals surface area contributed by atoms with Gasteiger partial charge in [-0.1, -0.05) is 6.07 Å². The predicted octanol–water partition coefficient (Wildman–Crippen LogP) is 0.958. The van der Waals surface area contributed by atoms with Crippen LogP contribution in [0.1, 0.15) is 5.69 Å². The second-order valence-electron chi connectivity index (χ2n) is 4.06. The fourth-order valence-corrected chi connectivity index (χ4v) is 1.65. The maximum Gasteiger partial charge on any atom is 0.412 e. The molecule has 1 aliphatic heterocycles. The molecule has 0 atom stereocenters. The number of rotatable bonds is 3. The standard InChI is InChI=1S/C11H15N3O2/c1-14(11(15)16)10-4-2-3-9(13-10)5-8-6-12-7-8/h2-4,8,12H,5-7H2,1H3,(H,15,16). The van der Waals surface area contributed by atoms with E-state index in [1.165, 1.54) is 7.05 Å². The van der Waals surface area contributed by atoms with E-state index in [0.29, 0.717) is 11.7 Å². The van der Waals surface area contributed by atoms with Gasteiger partial charge >= 0.3 is 6.09 Å². The fraction of sp³-hybridized carbons (Fsp3) is 0.455. The molecule has 0 aliphatic carbocycles. The molecule has 1 saturated heterocycles. The Bertz CT molecular complexity index is 391. The van der Waals surface area contributed by atoms with E-state index in [9.17, 15) is 4.79 Å². The lowest BCUT2D eigenvalue weighted by atomic mass is 9.97. The molecule has 0 saturated carbocycles. The number of carbonyl (C=O) groups is 1. The zero-order valence-corrected chi connectivity index (χ0v) is 9.18. The number of carboxylic acid groups (broad SMARTS) is 1. The van der Waals surface area contributed by atoms with Crippen LogP contribution in [0.3, 0.4) is 0 Å². The third-order valence-corrected chi connectivity index (χ3v) is 2.79. The van der Waals surface area contributed by atoms with E-state index in [0.717, 1.165) is 30.1 Å². The van der Waals surface area contributed by atoms with Crippen LogP contribution in [-0.2, 0) is 6.42 Å². The van der Waals surface area contributed by atoms with Crippen LogP contribution >= 0.6 is 0 Å². The Hall–Kier alpha value is -1.62. The first kappa shape index (κ1) is 10.9. The average Bonchev–Trinajstić information content (AvgIpc) is 2.23. The highest BCUT2D eigenvalue weighted by molar-refractivity contribution is 5.83. The van der Waals surface area contributed by atoms with Gasteiger partial charge in [0, 0.05) is 12.7 Å². The Morgan fingerprint density at radius 2 is 2.38 bits per heavy atom. The summed E-state index contributed by atoms with van der Waals surface area (Å²) in [4.78, 5) is 16.2. The summed E-state index contributed by atoms with van der Waals surface area (Å²) in [6.45, 7) is 2.06. The monoisotopic (exact) mass is 221 g/mol. The van der Waals surface area contributed by atoms with Crippen molar-refractivity contribution < 1.29 is 9.90 Å². The van der Waals surface area contributed by atoms with Crippen LogP contribution in [-0.4, -0.2) is 36.3 Å². The number of pyridine rings is 1. The summed E-state index contributed by atoms with van der Waals surface area (Å²) in [6.07, 6.45) is -0.0798. The van der Waals surface area contributed by atoms with Crippen molar-refractivity contribution in [3.8, 4) is 0 Å². The minimum Gasteiger partial charge on any atom is -0.465 e. The molecule has 1 fully saturated rings. The molecule has 86 valence electrons. The van der Waals surface area contributed by atoms with E-state index >= 15 is 0 Å². The van der Waals surface area contributed by atoms with Crippen molar-refractivity contribution in [2.75, 3.05) is 25.0 Å². The van der Waals surface area contributed by atoms with E-state index in [1.807, 2.05) is 12.1 Å². The number of amides is 1. The molecule has 1 amide bonds. The number of anilines is 1. The molecule has 0 aromatic carbocycles. The van der Waals surface area contributed by atoms with Crippen LogP contribution in [0, 0.1) is 5.92 Å². The number of nitrogens with zero attached hydrogens (tertiary/aromatic N) is 2. The summed E-state index contributed by atoms with van der Waals surface area (Å²) in [5.41, 5.74) is 0.956. The van der Waals surface area contributed by atoms with Crippen molar-refractivity contribution in [1.82, 2.24) is 10.3 Å². The minimum atomic E-state index is -0.991. The Morgan fingerprint density at radius 3 is 2.94 bits per heavy atom. The molecule has 0 spiro atoms. The third kappa shape index (κ3) is 2.30. The summed E-state index contributed by atoms with van der Waals surface area (Å²) in [7, 11) is 1.50. The van der Waals surface area contributed by atoms with Crippen molar-refractivity contribution in [2.45, 2.75) is 6.42 Å². The zero-order chi connectivity index (χ0) is 11.5. The molecule has 0 radical (unpaired) electrons. The molecule has 1 aliphatic rings. The largest absolute Gasteiger partial charge is 0.465 e. The van der Waals surface area contributed by atoms with E-state index in [4.69, 9.17) is 5.11 Å². The van der Waals surface area contributed by atoms with E-state index in [2.05, 4.69) is 10.3 Å². The van der Waals surface area contributed by atoms with Crippen molar-refractivity contribution in [1.29, 1.82) is 0 Å². The molecular weight excluding hydrogens is 206 g/mol. The molecule has 0 unspecified atom stereocenters. The second-order valence-corrected chi connectivity index (χ2v) is 4.06. The first-order valence-corrected chi connectivity index (χ1v) is 5.30. The summed E-state index contributed by atoms with van der Waals surface area (Å²) >= 11 is 0. The van der Waals surface area contributed by atoms with Crippen LogP contribution in [0.15, 0.2) is 18.2 Å². The molecule has 0 bridgehead atoms. The van der Waals surface area contributed by atoms with Gasteiger partial charge in [-0.2, -0.15) is 0 Å². The van der Waals surface area contributed by atoms with Gasteiger partial charge in [0.15, 0.2) is 0 Å². The van der Waals surface area contributed by atoms with Gasteiger partial charge in [-0.25, -0.2) is 9.78 Å². The summed E-state index contributed by atoms with van der Waals surface area (Å²) in [5, 5.41) is 12.0. The zero-order valence-electron chi connectivity index (χ0n) is 9.18. The molecule has 5 heteroatoms.